The Hall–Kier alpha value is -1.08. The van der Waals surface area contributed by atoms with Crippen LogP contribution in [0.2, 0.25) is 0 Å². The SMILES string of the molecule is CCOC(=O)C(Cl)C(=O)C#N. The summed E-state index contributed by atoms with van der Waals surface area (Å²) in [6.07, 6.45) is 0. The van der Waals surface area contributed by atoms with Crippen molar-refractivity contribution in [3.05, 3.63) is 0 Å². The van der Waals surface area contributed by atoms with Gasteiger partial charge in [0.2, 0.25) is 5.38 Å². The van der Waals surface area contributed by atoms with Crippen LogP contribution in [0.15, 0.2) is 0 Å². The number of alkyl halides is 1. The van der Waals surface area contributed by atoms with Crippen molar-refractivity contribution < 1.29 is 14.3 Å². The molecule has 1 unspecified atom stereocenters. The van der Waals surface area contributed by atoms with Crippen LogP contribution < -0.4 is 0 Å². The predicted molar refractivity (Wildman–Crippen MR) is 36.9 cm³/mol. The number of esters is 1. The fourth-order valence-corrected chi connectivity index (χ4v) is 0.491. The molecule has 0 fully saturated rings. The number of ether oxygens (including phenoxy) is 1. The predicted octanol–water partition coefficient (Wildman–Crippen LogP) is 0.250. The van der Waals surface area contributed by atoms with Crippen molar-refractivity contribution in [3.63, 3.8) is 0 Å². The van der Waals surface area contributed by atoms with Gasteiger partial charge in [-0.05, 0) is 6.92 Å². The number of ketones is 1. The van der Waals surface area contributed by atoms with Gasteiger partial charge < -0.3 is 4.74 Å². The van der Waals surface area contributed by atoms with E-state index in [0.717, 1.165) is 0 Å². The number of hydrogen-bond donors (Lipinski definition) is 0. The first-order chi connectivity index (χ1) is 5.13. The summed E-state index contributed by atoms with van der Waals surface area (Å²) in [5.41, 5.74) is 0. The van der Waals surface area contributed by atoms with Gasteiger partial charge in [0.15, 0.2) is 0 Å². The van der Waals surface area contributed by atoms with Crippen molar-refractivity contribution in [1.29, 1.82) is 5.26 Å². The average Bonchev–Trinajstić information content (AvgIpc) is 2.02. The van der Waals surface area contributed by atoms with Gasteiger partial charge in [-0.1, -0.05) is 0 Å². The number of Topliss-reactive ketones (excluding diaryl/α,β-unsaturated/α-hetero) is 1. The highest BCUT2D eigenvalue weighted by atomic mass is 35.5. The number of carbonyl (C=O) groups is 2. The summed E-state index contributed by atoms with van der Waals surface area (Å²) >= 11 is 5.21. The molecular weight excluding hydrogens is 170 g/mol. The van der Waals surface area contributed by atoms with E-state index in [0.29, 0.717) is 0 Å². The first kappa shape index (κ1) is 9.92. The second kappa shape index (κ2) is 4.69. The van der Waals surface area contributed by atoms with E-state index < -0.39 is 17.1 Å². The van der Waals surface area contributed by atoms with Crippen LogP contribution in [0.5, 0.6) is 0 Å². The highest BCUT2D eigenvalue weighted by molar-refractivity contribution is 6.43. The Morgan fingerprint density at radius 1 is 1.73 bits per heavy atom. The summed E-state index contributed by atoms with van der Waals surface area (Å²) in [5, 5.41) is 6.54. The highest BCUT2D eigenvalue weighted by Gasteiger charge is 2.24. The number of carbonyl (C=O) groups excluding carboxylic acids is 2. The highest BCUT2D eigenvalue weighted by Crippen LogP contribution is 1.99. The molecule has 0 spiro atoms. The molecule has 0 aromatic rings. The standard InChI is InChI=1S/C6H6ClNO3/c1-2-11-6(10)5(7)4(9)3-8/h5H,2H2,1H3. The molecule has 5 heteroatoms. The van der Waals surface area contributed by atoms with Gasteiger partial charge in [0.25, 0.3) is 5.78 Å². The van der Waals surface area contributed by atoms with Crippen molar-refractivity contribution in [2.75, 3.05) is 6.61 Å². The van der Waals surface area contributed by atoms with Crippen molar-refractivity contribution in [3.8, 4) is 6.07 Å². The first-order valence-corrected chi connectivity index (χ1v) is 3.31. The van der Waals surface area contributed by atoms with Gasteiger partial charge in [-0.3, -0.25) is 4.79 Å². The summed E-state index contributed by atoms with van der Waals surface area (Å²) in [5.74, 6) is -1.87. The maximum Gasteiger partial charge on any atom is 0.332 e. The maximum absolute atomic E-state index is 10.6. The van der Waals surface area contributed by atoms with Crippen molar-refractivity contribution in [2.45, 2.75) is 12.3 Å². The summed E-state index contributed by atoms with van der Waals surface area (Å²) in [6.45, 7) is 1.72. The molecule has 0 aromatic heterocycles. The smallest absolute Gasteiger partial charge is 0.332 e. The van der Waals surface area contributed by atoms with Crippen molar-refractivity contribution >= 4 is 23.4 Å². The van der Waals surface area contributed by atoms with Crippen LogP contribution in [0, 0.1) is 11.3 Å². The van der Waals surface area contributed by atoms with E-state index in [-0.39, 0.29) is 6.61 Å². The van der Waals surface area contributed by atoms with Crippen LogP contribution in [-0.2, 0) is 14.3 Å². The van der Waals surface area contributed by atoms with Crippen LogP contribution in [0.4, 0.5) is 0 Å². The minimum atomic E-state index is -1.49. The van der Waals surface area contributed by atoms with E-state index in [1.807, 2.05) is 0 Å². The molecule has 0 heterocycles. The molecule has 0 aromatic carbocycles. The molecule has 0 aliphatic carbocycles. The molecular formula is C6H6ClNO3. The summed E-state index contributed by atoms with van der Waals surface area (Å²) in [4.78, 5) is 21.1. The quantitative estimate of drug-likeness (QED) is 0.267. The second-order valence-corrected chi connectivity index (χ2v) is 2.03. The van der Waals surface area contributed by atoms with Crippen LogP contribution in [0.25, 0.3) is 0 Å². The molecule has 0 N–H and O–H groups in total. The number of nitrogens with zero attached hydrogens (tertiary/aromatic N) is 1. The molecule has 4 nitrogen and oxygen atoms in total. The molecule has 0 amide bonds. The maximum atomic E-state index is 10.6. The first-order valence-electron chi connectivity index (χ1n) is 2.88. The lowest BCUT2D eigenvalue weighted by molar-refractivity contribution is -0.144. The lowest BCUT2D eigenvalue weighted by atomic mass is 10.3. The van der Waals surface area contributed by atoms with Crippen molar-refractivity contribution in [2.24, 2.45) is 0 Å². The van der Waals surface area contributed by atoms with E-state index in [4.69, 9.17) is 16.9 Å². The fraction of sp³-hybridized carbons (Fsp3) is 0.500. The molecule has 0 saturated carbocycles. The largest absolute Gasteiger partial charge is 0.465 e. The molecule has 0 aliphatic rings. The van der Waals surface area contributed by atoms with Gasteiger partial charge >= 0.3 is 5.97 Å². The number of nitriles is 1. The van der Waals surface area contributed by atoms with Gasteiger partial charge in [-0.2, -0.15) is 5.26 Å². The van der Waals surface area contributed by atoms with E-state index in [1.165, 1.54) is 6.07 Å². The van der Waals surface area contributed by atoms with Gasteiger partial charge in [-0.15, -0.1) is 11.6 Å². The molecule has 11 heavy (non-hydrogen) atoms. The molecule has 60 valence electrons. The van der Waals surface area contributed by atoms with Crippen LogP contribution in [-0.4, -0.2) is 23.7 Å². The molecule has 0 radical (unpaired) electrons. The molecule has 0 rings (SSSR count). The Morgan fingerprint density at radius 3 is 2.64 bits per heavy atom. The average molecular weight is 176 g/mol. The Kier molecular flexibility index (Phi) is 4.23. The lowest BCUT2D eigenvalue weighted by Crippen LogP contribution is -2.25. The van der Waals surface area contributed by atoms with E-state index >= 15 is 0 Å². The monoisotopic (exact) mass is 175 g/mol. The number of rotatable bonds is 3. The van der Waals surface area contributed by atoms with Gasteiger partial charge in [-0.25, -0.2) is 4.79 Å². The number of halogens is 1. The molecule has 0 aliphatic heterocycles. The van der Waals surface area contributed by atoms with Crippen LogP contribution >= 0.6 is 11.6 Å². The molecule has 0 bridgehead atoms. The normalized spacial score (nSPS) is 11.4. The summed E-state index contributed by atoms with van der Waals surface area (Å²) < 4.78 is 4.38. The van der Waals surface area contributed by atoms with Gasteiger partial charge in [0.1, 0.15) is 6.07 Å². The van der Waals surface area contributed by atoms with Crippen LogP contribution in [0.3, 0.4) is 0 Å². The summed E-state index contributed by atoms with van der Waals surface area (Å²) in [6, 6.07) is 1.23. The molecule has 1 atom stereocenters. The zero-order chi connectivity index (χ0) is 8.85. The Balaban J connectivity index is 4.05. The van der Waals surface area contributed by atoms with Crippen LogP contribution in [0.1, 0.15) is 6.92 Å². The third-order valence-corrected chi connectivity index (χ3v) is 1.21. The minimum absolute atomic E-state index is 0.140. The van der Waals surface area contributed by atoms with Crippen molar-refractivity contribution in [1.82, 2.24) is 0 Å². The zero-order valence-corrected chi connectivity index (χ0v) is 6.59. The Bertz CT molecular complexity index is 208. The lowest BCUT2D eigenvalue weighted by Gasteiger charge is -2.01. The fourth-order valence-electron chi connectivity index (χ4n) is 0.379. The Labute approximate surface area is 68.7 Å². The third kappa shape index (κ3) is 3.01. The minimum Gasteiger partial charge on any atom is -0.465 e. The van der Waals surface area contributed by atoms with E-state index in [9.17, 15) is 9.59 Å². The number of hydrogen-bond acceptors (Lipinski definition) is 4. The van der Waals surface area contributed by atoms with Gasteiger partial charge in [0, 0.05) is 0 Å². The zero-order valence-electron chi connectivity index (χ0n) is 5.83. The topological polar surface area (TPSA) is 67.2 Å². The molecule has 0 saturated heterocycles. The Morgan fingerprint density at radius 2 is 2.27 bits per heavy atom. The van der Waals surface area contributed by atoms with Gasteiger partial charge in [0.05, 0.1) is 6.61 Å². The second-order valence-electron chi connectivity index (χ2n) is 1.59. The van der Waals surface area contributed by atoms with E-state index in [1.54, 1.807) is 6.92 Å². The third-order valence-electron chi connectivity index (χ3n) is 0.834. The summed E-state index contributed by atoms with van der Waals surface area (Å²) in [7, 11) is 0. The van der Waals surface area contributed by atoms with E-state index in [2.05, 4.69) is 4.74 Å².